The van der Waals surface area contributed by atoms with Crippen LogP contribution in [0.15, 0.2) is 39.0 Å². The van der Waals surface area contributed by atoms with Gasteiger partial charge in [0, 0.05) is 7.05 Å². The first-order valence-electron chi connectivity index (χ1n) is 7.94. The summed E-state index contributed by atoms with van der Waals surface area (Å²) in [6, 6.07) is 5.61. The molecule has 2 aromatic heterocycles. The number of hydrazone groups is 1. The fraction of sp³-hybridized carbons (Fsp3) is 0.250. The number of hydrogen-bond donors (Lipinski definition) is 4. The van der Waals surface area contributed by atoms with Crippen LogP contribution in [-0.2, 0) is 13.6 Å². The summed E-state index contributed by atoms with van der Waals surface area (Å²) in [7, 11) is 1.44. The first kappa shape index (κ1) is 18.5. The third-order valence-electron chi connectivity index (χ3n) is 3.86. The highest BCUT2D eigenvalue weighted by atomic mass is 19.1. The van der Waals surface area contributed by atoms with Gasteiger partial charge < -0.3 is 14.8 Å². The van der Waals surface area contributed by atoms with Crippen LogP contribution >= 0.6 is 0 Å². The molecule has 4 N–H and O–H groups in total. The molecule has 1 atom stereocenters. The van der Waals surface area contributed by atoms with Crippen molar-refractivity contribution >= 4 is 23.3 Å². The molecule has 0 aliphatic heterocycles. The van der Waals surface area contributed by atoms with Crippen LogP contribution in [-0.4, -0.2) is 48.2 Å². The van der Waals surface area contributed by atoms with E-state index in [1.807, 2.05) is 0 Å². The van der Waals surface area contributed by atoms with Crippen LogP contribution in [0.5, 0.6) is 0 Å². The lowest BCUT2D eigenvalue weighted by atomic mass is 10.2. The van der Waals surface area contributed by atoms with Gasteiger partial charge in [0.2, 0.25) is 5.95 Å². The summed E-state index contributed by atoms with van der Waals surface area (Å²) in [5, 5.41) is 22.9. The number of anilines is 1. The fourth-order valence-corrected chi connectivity index (χ4v) is 2.48. The van der Waals surface area contributed by atoms with Gasteiger partial charge in [-0.1, -0.05) is 12.1 Å². The van der Waals surface area contributed by atoms with E-state index in [0.717, 1.165) is 4.57 Å². The van der Waals surface area contributed by atoms with E-state index in [9.17, 15) is 19.1 Å². The number of nitrogens with one attached hydrogen (secondary N) is 2. The Balaban J connectivity index is 2.02. The predicted octanol–water partition coefficient (Wildman–Crippen LogP) is -0.638. The van der Waals surface area contributed by atoms with Crippen LogP contribution in [0.2, 0.25) is 0 Å². The molecule has 0 fully saturated rings. The lowest BCUT2D eigenvalue weighted by molar-refractivity contribution is 0.0825. The molecule has 0 saturated heterocycles. The van der Waals surface area contributed by atoms with Crippen molar-refractivity contribution in [2.24, 2.45) is 12.1 Å². The summed E-state index contributed by atoms with van der Waals surface area (Å²) in [6.07, 6.45) is 0.259. The van der Waals surface area contributed by atoms with Crippen LogP contribution in [0.3, 0.4) is 0 Å². The predicted molar refractivity (Wildman–Crippen MR) is 96.3 cm³/mol. The summed E-state index contributed by atoms with van der Waals surface area (Å²) < 4.78 is 15.4. The highest BCUT2D eigenvalue weighted by Gasteiger charge is 2.19. The molecule has 0 saturated carbocycles. The van der Waals surface area contributed by atoms with Crippen molar-refractivity contribution in [1.29, 1.82) is 0 Å². The van der Waals surface area contributed by atoms with Gasteiger partial charge in [0.1, 0.15) is 5.82 Å². The number of benzene rings is 1. The van der Waals surface area contributed by atoms with Crippen LogP contribution in [0.25, 0.3) is 11.2 Å². The minimum Gasteiger partial charge on any atom is -0.394 e. The Hall–Kier alpha value is -3.31. The standard InChI is InChI=1S/C16H17FN6O4/c1-22-13-12(14(26)20-16(22)27)23(7-11(25)8-24)15(19-13)21-18-6-9-2-4-10(17)5-3-9/h2-6,11,24-25H,7-8H2,1H3,(H,19,21)(H,20,26,27)/b18-6-/t11-/m0/s1. The molecule has 3 rings (SSSR count). The monoisotopic (exact) mass is 376 g/mol. The lowest BCUT2D eigenvalue weighted by Crippen LogP contribution is -2.30. The molecule has 3 aromatic rings. The second-order valence-corrected chi connectivity index (χ2v) is 5.79. The largest absolute Gasteiger partial charge is 0.394 e. The third-order valence-corrected chi connectivity index (χ3v) is 3.86. The van der Waals surface area contributed by atoms with Crippen LogP contribution in [0, 0.1) is 5.82 Å². The van der Waals surface area contributed by atoms with E-state index < -0.39 is 24.0 Å². The smallest absolute Gasteiger partial charge is 0.329 e. The topological polar surface area (TPSA) is 138 Å². The number of imidazole rings is 1. The van der Waals surface area contributed by atoms with Crippen molar-refractivity contribution in [2.75, 3.05) is 12.0 Å². The molecule has 142 valence electrons. The van der Waals surface area contributed by atoms with Gasteiger partial charge in [0.05, 0.1) is 25.5 Å². The SMILES string of the molecule is Cn1c(=O)[nH]c(=O)c2c1nc(N/N=C\c1ccc(F)cc1)n2C[C@H](O)CO. The second-order valence-electron chi connectivity index (χ2n) is 5.79. The Kier molecular flexibility index (Phi) is 5.14. The molecule has 0 spiro atoms. The number of fused-ring (bicyclic) bond motifs is 1. The molecular formula is C16H17FN6O4. The Labute approximate surface area is 151 Å². The molecule has 0 radical (unpaired) electrons. The van der Waals surface area contributed by atoms with E-state index >= 15 is 0 Å². The van der Waals surface area contributed by atoms with Crippen molar-refractivity contribution in [3.63, 3.8) is 0 Å². The summed E-state index contributed by atoms with van der Waals surface area (Å²) in [5.41, 5.74) is 2.07. The molecule has 0 unspecified atom stereocenters. The third kappa shape index (κ3) is 3.78. The fourth-order valence-electron chi connectivity index (χ4n) is 2.48. The maximum Gasteiger partial charge on any atom is 0.329 e. The summed E-state index contributed by atoms with van der Waals surface area (Å²) in [4.78, 5) is 30.3. The number of aliphatic hydroxyl groups is 2. The molecule has 0 bridgehead atoms. The Bertz CT molecular complexity index is 1100. The van der Waals surface area contributed by atoms with Crippen molar-refractivity contribution < 1.29 is 14.6 Å². The normalized spacial score (nSPS) is 12.7. The van der Waals surface area contributed by atoms with Gasteiger partial charge >= 0.3 is 5.69 Å². The van der Waals surface area contributed by atoms with Gasteiger partial charge in [0.25, 0.3) is 5.56 Å². The van der Waals surface area contributed by atoms with Crippen molar-refractivity contribution in [1.82, 2.24) is 19.1 Å². The number of aryl methyl sites for hydroxylation is 1. The minimum atomic E-state index is -1.15. The molecule has 0 aliphatic carbocycles. The van der Waals surface area contributed by atoms with Crippen LogP contribution < -0.4 is 16.7 Å². The number of hydrogen-bond acceptors (Lipinski definition) is 7. The first-order valence-corrected chi connectivity index (χ1v) is 7.94. The van der Waals surface area contributed by atoms with E-state index in [2.05, 4.69) is 20.5 Å². The average Bonchev–Trinajstić information content (AvgIpc) is 3.00. The summed E-state index contributed by atoms with van der Waals surface area (Å²) in [6.45, 7) is -0.676. The molecule has 2 heterocycles. The van der Waals surface area contributed by atoms with Gasteiger partial charge in [-0.3, -0.25) is 14.3 Å². The second kappa shape index (κ2) is 7.51. The van der Waals surface area contributed by atoms with Crippen molar-refractivity contribution in [3.05, 3.63) is 56.5 Å². The number of aromatic nitrogens is 4. The van der Waals surface area contributed by atoms with Gasteiger partial charge in [0.15, 0.2) is 11.2 Å². The lowest BCUT2D eigenvalue weighted by Gasteiger charge is -2.11. The van der Waals surface area contributed by atoms with E-state index in [-0.39, 0.29) is 29.5 Å². The molecule has 11 heteroatoms. The zero-order valence-corrected chi connectivity index (χ0v) is 14.3. The molecular weight excluding hydrogens is 359 g/mol. The number of H-pyrrole nitrogens is 1. The highest BCUT2D eigenvalue weighted by molar-refractivity contribution is 5.80. The summed E-state index contributed by atoms with van der Waals surface area (Å²) >= 11 is 0. The van der Waals surface area contributed by atoms with Crippen molar-refractivity contribution in [2.45, 2.75) is 12.6 Å². The van der Waals surface area contributed by atoms with Gasteiger partial charge in [-0.15, -0.1) is 0 Å². The van der Waals surface area contributed by atoms with E-state index in [1.54, 1.807) is 0 Å². The zero-order valence-electron chi connectivity index (χ0n) is 14.3. The average molecular weight is 376 g/mol. The molecule has 1 aromatic carbocycles. The van der Waals surface area contributed by atoms with Gasteiger partial charge in [-0.25, -0.2) is 14.6 Å². The molecule has 27 heavy (non-hydrogen) atoms. The maximum absolute atomic E-state index is 12.9. The maximum atomic E-state index is 12.9. The van der Waals surface area contributed by atoms with Crippen LogP contribution in [0.1, 0.15) is 5.56 Å². The van der Waals surface area contributed by atoms with E-state index in [0.29, 0.717) is 5.56 Å². The number of halogens is 1. The molecule has 0 aliphatic rings. The molecule has 10 nitrogen and oxygen atoms in total. The highest BCUT2D eigenvalue weighted by Crippen LogP contribution is 2.16. The Morgan fingerprint density at radius 3 is 2.74 bits per heavy atom. The number of aliphatic hydroxyl groups excluding tert-OH is 2. The minimum absolute atomic E-state index is 0.0454. The molecule has 0 amide bonds. The zero-order chi connectivity index (χ0) is 19.6. The first-order chi connectivity index (χ1) is 12.9. The Morgan fingerprint density at radius 2 is 2.07 bits per heavy atom. The summed E-state index contributed by atoms with van der Waals surface area (Å²) in [5.74, 6) is -0.289. The Morgan fingerprint density at radius 1 is 1.37 bits per heavy atom. The van der Waals surface area contributed by atoms with Gasteiger partial charge in [-0.05, 0) is 17.7 Å². The number of nitrogens with zero attached hydrogens (tertiary/aromatic N) is 4. The van der Waals surface area contributed by atoms with Gasteiger partial charge in [-0.2, -0.15) is 10.1 Å². The number of rotatable bonds is 6. The van der Waals surface area contributed by atoms with E-state index in [4.69, 9.17) is 5.11 Å². The van der Waals surface area contributed by atoms with Crippen molar-refractivity contribution in [3.8, 4) is 0 Å². The van der Waals surface area contributed by atoms with Crippen LogP contribution in [0.4, 0.5) is 10.3 Å². The quantitative estimate of drug-likeness (QED) is 0.334. The van der Waals surface area contributed by atoms with E-state index in [1.165, 1.54) is 42.1 Å². The number of aromatic amines is 1.